The predicted molar refractivity (Wildman–Crippen MR) is 62.7 cm³/mol. The van der Waals surface area contributed by atoms with E-state index in [1.165, 1.54) is 0 Å². The average Bonchev–Trinajstić information content (AvgIpc) is 2.21. The van der Waals surface area contributed by atoms with Crippen LogP contribution in [0.25, 0.3) is 0 Å². The molecular formula is C10H22GdN4O2+3. The molecule has 7 heteroatoms. The first-order valence-electron chi connectivity index (χ1n) is 5.85. The molecule has 1 aliphatic rings. The Kier molecular flexibility index (Phi) is 12.1. The van der Waals surface area contributed by atoms with E-state index in [0.717, 1.165) is 52.4 Å². The number of aliphatic carboxylic acids is 1. The molecule has 1 radical (unpaired) electrons. The number of carboxylic acids is 1. The average molecular weight is 388 g/mol. The molecule has 1 fully saturated rings. The minimum absolute atomic E-state index is 0. The second kappa shape index (κ2) is 11.7. The summed E-state index contributed by atoms with van der Waals surface area (Å²) in [5.74, 6) is -0.756. The summed E-state index contributed by atoms with van der Waals surface area (Å²) in [7, 11) is 0. The van der Waals surface area contributed by atoms with Crippen LogP contribution in [0.1, 0.15) is 0 Å². The molecule has 0 aromatic rings. The van der Waals surface area contributed by atoms with Crippen LogP contribution < -0.4 is 16.0 Å². The van der Waals surface area contributed by atoms with Gasteiger partial charge in [-0.15, -0.1) is 0 Å². The Labute approximate surface area is 135 Å². The first-order valence-corrected chi connectivity index (χ1v) is 5.85. The maximum atomic E-state index is 10.6. The molecule has 4 N–H and O–H groups in total. The van der Waals surface area contributed by atoms with Crippen molar-refractivity contribution in [1.82, 2.24) is 20.9 Å². The Morgan fingerprint density at radius 2 is 1.35 bits per heavy atom. The smallest absolute Gasteiger partial charge is 0.480 e. The van der Waals surface area contributed by atoms with Gasteiger partial charge in [0.1, 0.15) is 0 Å². The van der Waals surface area contributed by atoms with E-state index in [4.69, 9.17) is 5.11 Å². The van der Waals surface area contributed by atoms with Gasteiger partial charge >= 0.3 is 45.9 Å². The van der Waals surface area contributed by atoms with Crippen molar-refractivity contribution in [2.24, 2.45) is 0 Å². The molecule has 99 valence electrons. The number of rotatable bonds is 2. The summed E-state index contributed by atoms with van der Waals surface area (Å²) in [5, 5.41) is 18.7. The number of nitrogens with zero attached hydrogens (tertiary/aromatic N) is 1. The molecule has 17 heavy (non-hydrogen) atoms. The van der Waals surface area contributed by atoms with E-state index >= 15 is 0 Å². The summed E-state index contributed by atoms with van der Waals surface area (Å²) in [6, 6.07) is 0. The van der Waals surface area contributed by atoms with Crippen LogP contribution in [0.3, 0.4) is 0 Å². The zero-order valence-corrected chi connectivity index (χ0v) is 12.3. The van der Waals surface area contributed by atoms with E-state index in [9.17, 15) is 4.79 Å². The summed E-state index contributed by atoms with van der Waals surface area (Å²) in [5.41, 5.74) is 0. The molecule has 0 unspecified atom stereocenters. The van der Waals surface area contributed by atoms with Gasteiger partial charge in [-0.25, -0.2) is 0 Å². The maximum Gasteiger partial charge on any atom is 3.00 e. The molecule has 0 aromatic carbocycles. The SMILES string of the molecule is O=C(O)CN1CCNCCNCCNCC1.[Gd+3]. The molecule has 1 rings (SSSR count). The zero-order valence-electron chi connectivity index (χ0n) is 10.0. The van der Waals surface area contributed by atoms with E-state index in [1.54, 1.807) is 0 Å². The third-order valence-corrected chi connectivity index (χ3v) is 2.53. The van der Waals surface area contributed by atoms with Gasteiger partial charge in [-0.2, -0.15) is 0 Å². The normalized spacial score (nSPS) is 20.7. The first kappa shape index (κ1) is 17.6. The van der Waals surface area contributed by atoms with Crippen molar-refractivity contribution in [2.45, 2.75) is 0 Å². The second-order valence-electron chi connectivity index (χ2n) is 3.92. The molecule has 0 spiro atoms. The minimum atomic E-state index is -0.756. The van der Waals surface area contributed by atoms with Gasteiger partial charge in [0.2, 0.25) is 0 Å². The summed E-state index contributed by atoms with van der Waals surface area (Å²) >= 11 is 0. The van der Waals surface area contributed by atoms with E-state index in [2.05, 4.69) is 16.0 Å². The minimum Gasteiger partial charge on any atom is -0.480 e. The van der Waals surface area contributed by atoms with Crippen LogP contribution in [0.2, 0.25) is 0 Å². The molecule has 0 bridgehead atoms. The van der Waals surface area contributed by atoms with Crippen LogP contribution in [0, 0.1) is 39.9 Å². The molecule has 1 saturated heterocycles. The molecule has 0 amide bonds. The maximum absolute atomic E-state index is 10.6. The van der Waals surface area contributed by atoms with Gasteiger partial charge in [-0.3, -0.25) is 9.69 Å². The van der Waals surface area contributed by atoms with Crippen LogP contribution in [0.4, 0.5) is 0 Å². The summed E-state index contributed by atoms with van der Waals surface area (Å²) in [4.78, 5) is 12.6. The summed E-state index contributed by atoms with van der Waals surface area (Å²) < 4.78 is 0. The third-order valence-electron chi connectivity index (χ3n) is 2.53. The van der Waals surface area contributed by atoms with Crippen LogP contribution >= 0.6 is 0 Å². The Morgan fingerprint density at radius 1 is 0.941 bits per heavy atom. The molecule has 0 aromatic heterocycles. The summed E-state index contributed by atoms with van der Waals surface area (Å²) in [6.45, 7) is 7.16. The fourth-order valence-electron chi connectivity index (χ4n) is 1.66. The first-order chi connectivity index (χ1) is 7.79. The molecule has 1 heterocycles. The van der Waals surface area contributed by atoms with E-state index in [-0.39, 0.29) is 46.5 Å². The Hall–Kier alpha value is 0.635. The van der Waals surface area contributed by atoms with Gasteiger partial charge < -0.3 is 21.1 Å². The van der Waals surface area contributed by atoms with E-state index in [0.29, 0.717) is 0 Å². The largest absolute Gasteiger partial charge is 3.00 e. The molecule has 6 nitrogen and oxygen atoms in total. The van der Waals surface area contributed by atoms with Crippen molar-refractivity contribution in [3.05, 3.63) is 0 Å². The van der Waals surface area contributed by atoms with Crippen molar-refractivity contribution in [3.8, 4) is 0 Å². The summed E-state index contributed by atoms with van der Waals surface area (Å²) in [6.07, 6.45) is 0. The van der Waals surface area contributed by atoms with Gasteiger partial charge in [0.25, 0.3) is 0 Å². The van der Waals surface area contributed by atoms with Crippen LogP contribution in [-0.4, -0.2) is 74.9 Å². The van der Waals surface area contributed by atoms with Gasteiger partial charge in [-0.1, -0.05) is 0 Å². The molecule has 1 aliphatic heterocycles. The standard InChI is InChI=1S/C10H22N4O2.Gd/c15-10(16)9-14-7-5-12-3-1-11-2-4-13-6-8-14;/h11-13H,1-9H2,(H,15,16);/q;+3. The second-order valence-corrected chi connectivity index (χ2v) is 3.92. The monoisotopic (exact) mass is 388 g/mol. The van der Waals surface area contributed by atoms with Crippen LogP contribution in [0.15, 0.2) is 0 Å². The number of carboxylic acid groups (broad SMARTS) is 1. The third kappa shape index (κ3) is 10.3. The Morgan fingerprint density at radius 3 is 1.76 bits per heavy atom. The fraction of sp³-hybridized carbons (Fsp3) is 0.900. The number of nitrogens with one attached hydrogen (secondary N) is 3. The zero-order chi connectivity index (χ0) is 11.6. The topological polar surface area (TPSA) is 76.6 Å². The number of hydrogen-bond acceptors (Lipinski definition) is 5. The van der Waals surface area contributed by atoms with Crippen molar-refractivity contribution < 1.29 is 49.8 Å². The van der Waals surface area contributed by atoms with Gasteiger partial charge in [0.15, 0.2) is 0 Å². The van der Waals surface area contributed by atoms with Gasteiger partial charge in [-0.05, 0) is 0 Å². The van der Waals surface area contributed by atoms with Crippen molar-refractivity contribution in [1.29, 1.82) is 0 Å². The van der Waals surface area contributed by atoms with Gasteiger partial charge in [0, 0.05) is 52.4 Å². The molecule has 0 saturated carbocycles. The predicted octanol–water partition coefficient (Wildman–Crippen LogP) is -1.84. The Balaban J connectivity index is 0.00000256. The van der Waals surface area contributed by atoms with Crippen molar-refractivity contribution >= 4 is 5.97 Å². The van der Waals surface area contributed by atoms with E-state index in [1.807, 2.05) is 4.90 Å². The van der Waals surface area contributed by atoms with Crippen molar-refractivity contribution in [3.63, 3.8) is 0 Å². The Bertz CT molecular complexity index is 195. The van der Waals surface area contributed by atoms with E-state index < -0.39 is 5.97 Å². The van der Waals surface area contributed by atoms with Gasteiger partial charge in [0.05, 0.1) is 6.54 Å². The van der Waals surface area contributed by atoms with Crippen LogP contribution in [-0.2, 0) is 4.79 Å². The molecular weight excluding hydrogens is 365 g/mol. The molecule has 0 aliphatic carbocycles. The quantitative estimate of drug-likeness (QED) is 0.446. The fourth-order valence-corrected chi connectivity index (χ4v) is 1.66. The molecule has 0 atom stereocenters. The number of carbonyl (C=O) groups is 1. The van der Waals surface area contributed by atoms with Crippen molar-refractivity contribution in [2.75, 3.05) is 58.9 Å². The number of hydrogen-bond donors (Lipinski definition) is 4. The van der Waals surface area contributed by atoms with Crippen LogP contribution in [0.5, 0.6) is 0 Å².